The molecule has 0 saturated carbocycles. The number of amides is 1. The number of piperidine rings is 1. The van der Waals surface area contributed by atoms with Crippen LogP contribution in [0.5, 0.6) is 0 Å². The first-order valence-electron chi connectivity index (χ1n) is 9.59. The highest BCUT2D eigenvalue weighted by atomic mass is 35.5. The third-order valence-electron chi connectivity index (χ3n) is 6.12. The first-order valence-corrected chi connectivity index (χ1v) is 9.97. The van der Waals surface area contributed by atoms with Gasteiger partial charge in [0.15, 0.2) is 5.78 Å². The largest absolute Gasteiger partial charge is 0.314 e. The number of carbonyl (C=O) groups excluding carboxylic acids is 2. The number of rotatable bonds is 2. The number of carbonyl (C=O) groups is 2. The monoisotopic (exact) mass is 416 g/mol. The van der Waals surface area contributed by atoms with Crippen LogP contribution in [0.15, 0.2) is 36.4 Å². The molecule has 2 aliphatic rings. The van der Waals surface area contributed by atoms with Crippen molar-refractivity contribution in [3.05, 3.63) is 63.9 Å². The van der Waals surface area contributed by atoms with Crippen molar-refractivity contribution in [1.82, 2.24) is 5.06 Å². The Kier molecular flexibility index (Phi) is 4.97. The second kappa shape index (κ2) is 7.20. The van der Waals surface area contributed by atoms with Gasteiger partial charge in [-0.2, -0.15) is 5.06 Å². The summed E-state index contributed by atoms with van der Waals surface area (Å²) in [7, 11) is 0. The van der Waals surface area contributed by atoms with E-state index in [0.717, 1.165) is 16.2 Å². The minimum Gasteiger partial charge on any atom is -0.314 e. The van der Waals surface area contributed by atoms with E-state index in [1.807, 2.05) is 13.8 Å². The van der Waals surface area contributed by atoms with Crippen LogP contribution < -0.4 is 4.90 Å². The molecule has 152 valence electrons. The number of benzene rings is 2. The van der Waals surface area contributed by atoms with E-state index >= 15 is 0 Å². The van der Waals surface area contributed by atoms with Crippen molar-refractivity contribution in [1.29, 1.82) is 0 Å². The van der Waals surface area contributed by atoms with Crippen LogP contribution in [0.2, 0.25) is 5.02 Å². The molecule has 2 aliphatic heterocycles. The van der Waals surface area contributed by atoms with Gasteiger partial charge in [0.05, 0.1) is 0 Å². The Morgan fingerprint density at radius 2 is 1.62 bits per heavy atom. The van der Waals surface area contributed by atoms with Crippen LogP contribution in [-0.2, 0) is 9.59 Å². The summed E-state index contributed by atoms with van der Waals surface area (Å²) in [5.41, 5.74) is 1.69. The average molecular weight is 417 g/mol. The van der Waals surface area contributed by atoms with E-state index < -0.39 is 17.3 Å². The molecule has 1 N–H and O–H groups in total. The summed E-state index contributed by atoms with van der Waals surface area (Å²) in [4.78, 5) is 28.9. The Bertz CT molecular complexity index is 961. The number of halogens is 2. The lowest BCUT2D eigenvalue weighted by atomic mass is 9.78. The fourth-order valence-corrected chi connectivity index (χ4v) is 5.09. The van der Waals surface area contributed by atoms with Gasteiger partial charge in [0, 0.05) is 23.8 Å². The number of anilines is 1. The summed E-state index contributed by atoms with van der Waals surface area (Å²) >= 11 is 6.15. The molecule has 2 fully saturated rings. The molecule has 2 heterocycles. The molecule has 1 spiro atoms. The second-order valence-corrected chi connectivity index (χ2v) is 8.32. The predicted octanol–water partition coefficient (Wildman–Crippen LogP) is 4.02. The zero-order valence-electron chi connectivity index (χ0n) is 16.3. The van der Waals surface area contributed by atoms with Crippen LogP contribution >= 0.6 is 11.6 Å². The van der Waals surface area contributed by atoms with E-state index in [4.69, 9.17) is 11.6 Å². The van der Waals surface area contributed by atoms with E-state index in [0.29, 0.717) is 29.1 Å². The van der Waals surface area contributed by atoms with Crippen molar-refractivity contribution < 1.29 is 19.2 Å². The Morgan fingerprint density at radius 1 is 1.07 bits per heavy atom. The lowest BCUT2D eigenvalue weighted by molar-refractivity contribution is -0.135. The second-order valence-electron chi connectivity index (χ2n) is 7.89. The summed E-state index contributed by atoms with van der Waals surface area (Å²) in [5, 5.41) is 11.6. The smallest absolute Gasteiger partial charge is 0.243 e. The SMILES string of the molecule is Cc1cc(Cl)cc(C)c1C1C(=O)N(c2ccc(F)cc2)C2(CCN(O)CC2)C1=O. The van der Waals surface area contributed by atoms with Crippen molar-refractivity contribution in [2.75, 3.05) is 18.0 Å². The van der Waals surface area contributed by atoms with E-state index in [1.54, 1.807) is 12.1 Å². The summed E-state index contributed by atoms with van der Waals surface area (Å²) in [6.45, 7) is 4.25. The zero-order chi connectivity index (χ0) is 20.9. The molecule has 1 atom stereocenters. The highest BCUT2D eigenvalue weighted by molar-refractivity contribution is 6.31. The van der Waals surface area contributed by atoms with E-state index in [-0.39, 0.29) is 24.8 Å². The van der Waals surface area contributed by atoms with Gasteiger partial charge in [-0.15, -0.1) is 0 Å². The number of hydrogen-bond donors (Lipinski definition) is 1. The van der Waals surface area contributed by atoms with Gasteiger partial charge in [-0.05, 0) is 79.8 Å². The van der Waals surface area contributed by atoms with Crippen LogP contribution in [0.3, 0.4) is 0 Å². The lowest BCUT2D eigenvalue weighted by Crippen LogP contribution is -2.56. The third kappa shape index (κ3) is 3.16. The maximum absolute atomic E-state index is 13.8. The number of Topliss-reactive ketones (excluding diaryl/α,β-unsaturated/α-hetero) is 1. The van der Waals surface area contributed by atoms with Crippen molar-refractivity contribution >= 4 is 29.0 Å². The van der Waals surface area contributed by atoms with Crippen LogP contribution in [0, 0.1) is 19.7 Å². The molecule has 1 unspecified atom stereocenters. The molecule has 0 bridgehead atoms. The van der Waals surface area contributed by atoms with Crippen molar-refractivity contribution in [2.24, 2.45) is 0 Å². The van der Waals surface area contributed by atoms with Gasteiger partial charge in [-0.25, -0.2) is 4.39 Å². The number of aryl methyl sites for hydroxylation is 2. The fraction of sp³-hybridized carbons (Fsp3) is 0.364. The zero-order valence-corrected chi connectivity index (χ0v) is 17.0. The van der Waals surface area contributed by atoms with Crippen LogP contribution in [-0.4, -0.2) is 40.6 Å². The maximum Gasteiger partial charge on any atom is 0.243 e. The van der Waals surface area contributed by atoms with Gasteiger partial charge in [-0.3, -0.25) is 14.5 Å². The fourth-order valence-electron chi connectivity index (χ4n) is 4.76. The number of hydroxylamine groups is 2. The molecule has 0 radical (unpaired) electrons. The molecule has 5 nitrogen and oxygen atoms in total. The molecule has 0 aromatic heterocycles. The van der Waals surface area contributed by atoms with Gasteiger partial charge in [-0.1, -0.05) is 11.6 Å². The highest BCUT2D eigenvalue weighted by Crippen LogP contribution is 2.46. The third-order valence-corrected chi connectivity index (χ3v) is 6.33. The Hall–Kier alpha value is -2.28. The van der Waals surface area contributed by atoms with Crippen LogP contribution in [0.25, 0.3) is 0 Å². The molecular formula is C22H22ClFN2O3. The molecule has 7 heteroatoms. The van der Waals surface area contributed by atoms with Gasteiger partial charge in [0.2, 0.25) is 5.91 Å². The van der Waals surface area contributed by atoms with Gasteiger partial charge in [0.1, 0.15) is 17.3 Å². The van der Waals surface area contributed by atoms with Crippen molar-refractivity contribution in [3.63, 3.8) is 0 Å². The quantitative estimate of drug-likeness (QED) is 0.751. The van der Waals surface area contributed by atoms with E-state index in [1.165, 1.54) is 29.2 Å². The van der Waals surface area contributed by atoms with Crippen molar-refractivity contribution in [2.45, 2.75) is 38.1 Å². The van der Waals surface area contributed by atoms with Gasteiger partial charge in [0.25, 0.3) is 0 Å². The topological polar surface area (TPSA) is 60.9 Å². The van der Waals surface area contributed by atoms with Crippen LogP contribution in [0.4, 0.5) is 10.1 Å². The molecule has 4 rings (SSSR count). The van der Waals surface area contributed by atoms with Gasteiger partial charge >= 0.3 is 0 Å². The van der Waals surface area contributed by atoms with Crippen molar-refractivity contribution in [3.8, 4) is 0 Å². The summed E-state index contributed by atoms with van der Waals surface area (Å²) in [6.07, 6.45) is 0.626. The Morgan fingerprint density at radius 3 is 2.17 bits per heavy atom. The highest BCUT2D eigenvalue weighted by Gasteiger charge is 2.60. The standard InChI is InChI=1S/C22H22ClFN2O3/c1-13-11-15(23)12-14(2)18(13)19-20(27)22(7-9-25(29)10-8-22)26(21(19)28)17-5-3-16(24)4-6-17/h3-6,11-12,19,29H,7-10H2,1-2H3. The molecular weight excluding hydrogens is 395 g/mol. The normalized spacial score (nSPS) is 22.0. The first kappa shape index (κ1) is 20.0. The molecule has 29 heavy (non-hydrogen) atoms. The van der Waals surface area contributed by atoms with Crippen LogP contribution in [0.1, 0.15) is 35.4 Å². The summed E-state index contributed by atoms with van der Waals surface area (Å²) in [5.74, 6) is -1.84. The number of nitrogens with zero attached hydrogens (tertiary/aromatic N) is 2. The summed E-state index contributed by atoms with van der Waals surface area (Å²) < 4.78 is 13.5. The lowest BCUT2D eigenvalue weighted by Gasteiger charge is -2.41. The Balaban J connectivity index is 1.87. The summed E-state index contributed by atoms with van der Waals surface area (Å²) in [6, 6.07) is 9.14. The molecule has 2 saturated heterocycles. The van der Waals surface area contributed by atoms with E-state index in [2.05, 4.69) is 0 Å². The van der Waals surface area contributed by atoms with E-state index in [9.17, 15) is 19.2 Å². The molecule has 2 aromatic rings. The first-order chi connectivity index (χ1) is 13.7. The molecule has 2 aromatic carbocycles. The Labute approximate surface area is 173 Å². The minimum atomic E-state index is -1.06. The number of ketones is 1. The van der Waals surface area contributed by atoms with Gasteiger partial charge < -0.3 is 5.21 Å². The maximum atomic E-state index is 13.8. The predicted molar refractivity (Wildman–Crippen MR) is 108 cm³/mol. The minimum absolute atomic E-state index is 0.173. The number of hydrogen-bond acceptors (Lipinski definition) is 4. The molecule has 0 aliphatic carbocycles. The average Bonchev–Trinajstić information content (AvgIpc) is 2.86. The molecule has 1 amide bonds.